The van der Waals surface area contributed by atoms with E-state index < -0.39 is 5.97 Å². The number of rotatable bonds is 7. The lowest BCUT2D eigenvalue weighted by Gasteiger charge is -2.34. The van der Waals surface area contributed by atoms with Gasteiger partial charge in [-0.25, -0.2) is 4.79 Å². The Morgan fingerprint density at radius 3 is 2.50 bits per heavy atom. The van der Waals surface area contributed by atoms with E-state index in [1.165, 1.54) is 0 Å². The molecule has 1 fully saturated rings. The maximum atomic E-state index is 11.9. The number of nitrogens with zero attached hydrogens (tertiary/aromatic N) is 2. The zero-order chi connectivity index (χ0) is 17.5. The molecule has 1 amide bonds. The minimum absolute atomic E-state index is 0.0898. The number of nitrogens with one attached hydrogen (secondary N) is 1. The maximum Gasteiger partial charge on any atom is 0.335 e. The minimum atomic E-state index is -0.894. The SMILES string of the molecule is CCC(C)NC(=O)CN1CCN(Cc2cccc(C(=O)O)c2)CC1. The molecule has 1 unspecified atom stereocenters. The van der Waals surface area contributed by atoms with Gasteiger partial charge in [-0.1, -0.05) is 19.1 Å². The second-order valence-corrected chi connectivity index (χ2v) is 6.43. The van der Waals surface area contributed by atoms with Gasteiger partial charge in [0.15, 0.2) is 0 Å². The van der Waals surface area contributed by atoms with Crippen LogP contribution in [-0.2, 0) is 11.3 Å². The van der Waals surface area contributed by atoms with Gasteiger partial charge in [0, 0.05) is 38.8 Å². The molecule has 0 saturated carbocycles. The van der Waals surface area contributed by atoms with Crippen molar-refractivity contribution in [2.45, 2.75) is 32.9 Å². The van der Waals surface area contributed by atoms with Crippen LogP contribution in [0.4, 0.5) is 0 Å². The molecule has 0 aliphatic carbocycles. The second kappa shape index (κ2) is 8.80. The van der Waals surface area contributed by atoms with Gasteiger partial charge in [0.25, 0.3) is 0 Å². The summed E-state index contributed by atoms with van der Waals surface area (Å²) in [6.07, 6.45) is 0.939. The molecule has 2 N–H and O–H groups in total. The van der Waals surface area contributed by atoms with Gasteiger partial charge in [-0.15, -0.1) is 0 Å². The topological polar surface area (TPSA) is 72.9 Å². The van der Waals surface area contributed by atoms with Crippen LogP contribution in [0.25, 0.3) is 0 Å². The molecule has 1 aromatic rings. The van der Waals surface area contributed by atoms with Gasteiger partial charge >= 0.3 is 5.97 Å². The van der Waals surface area contributed by atoms with Crippen LogP contribution in [-0.4, -0.2) is 65.5 Å². The van der Waals surface area contributed by atoms with Crippen molar-refractivity contribution in [2.75, 3.05) is 32.7 Å². The molecule has 24 heavy (non-hydrogen) atoms. The van der Waals surface area contributed by atoms with E-state index in [0.29, 0.717) is 12.1 Å². The third-order valence-electron chi connectivity index (χ3n) is 4.43. The van der Waals surface area contributed by atoms with E-state index >= 15 is 0 Å². The summed E-state index contributed by atoms with van der Waals surface area (Å²) in [5, 5.41) is 12.1. The molecule has 0 aromatic heterocycles. The Labute approximate surface area is 143 Å². The third-order valence-corrected chi connectivity index (χ3v) is 4.43. The first-order chi connectivity index (χ1) is 11.5. The van der Waals surface area contributed by atoms with E-state index in [2.05, 4.69) is 22.0 Å². The number of carbonyl (C=O) groups excluding carboxylic acids is 1. The van der Waals surface area contributed by atoms with E-state index in [-0.39, 0.29) is 11.9 Å². The Morgan fingerprint density at radius 2 is 1.88 bits per heavy atom. The largest absolute Gasteiger partial charge is 0.478 e. The zero-order valence-electron chi connectivity index (χ0n) is 14.5. The molecule has 1 saturated heterocycles. The van der Waals surface area contributed by atoms with Crippen molar-refractivity contribution >= 4 is 11.9 Å². The number of amides is 1. The van der Waals surface area contributed by atoms with Gasteiger partial charge in [-0.2, -0.15) is 0 Å². The van der Waals surface area contributed by atoms with Crippen molar-refractivity contribution in [1.82, 2.24) is 15.1 Å². The van der Waals surface area contributed by atoms with Crippen LogP contribution in [0, 0.1) is 0 Å². The lowest BCUT2D eigenvalue weighted by atomic mass is 10.1. The van der Waals surface area contributed by atoms with Crippen molar-refractivity contribution < 1.29 is 14.7 Å². The van der Waals surface area contributed by atoms with E-state index in [4.69, 9.17) is 5.11 Å². The highest BCUT2D eigenvalue weighted by Gasteiger charge is 2.19. The first-order valence-corrected chi connectivity index (χ1v) is 8.54. The smallest absolute Gasteiger partial charge is 0.335 e. The van der Waals surface area contributed by atoms with Gasteiger partial charge in [-0.05, 0) is 31.0 Å². The van der Waals surface area contributed by atoms with Gasteiger partial charge in [-0.3, -0.25) is 14.6 Å². The van der Waals surface area contributed by atoms with Crippen molar-refractivity contribution in [3.63, 3.8) is 0 Å². The molecule has 1 atom stereocenters. The van der Waals surface area contributed by atoms with Crippen molar-refractivity contribution in [3.8, 4) is 0 Å². The van der Waals surface area contributed by atoms with Crippen LogP contribution in [0.2, 0.25) is 0 Å². The Morgan fingerprint density at radius 1 is 1.21 bits per heavy atom. The first-order valence-electron chi connectivity index (χ1n) is 8.54. The number of aromatic carboxylic acids is 1. The molecule has 0 spiro atoms. The number of carbonyl (C=O) groups is 2. The molecule has 6 nitrogen and oxygen atoms in total. The summed E-state index contributed by atoms with van der Waals surface area (Å²) in [6, 6.07) is 7.31. The van der Waals surface area contributed by atoms with Crippen molar-refractivity contribution in [3.05, 3.63) is 35.4 Å². The number of carboxylic acids is 1. The van der Waals surface area contributed by atoms with Gasteiger partial charge in [0.1, 0.15) is 0 Å². The molecule has 2 rings (SSSR count). The standard InChI is InChI=1S/C18H27N3O3/c1-3-14(2)19-17(22)13-21-9-7-20(8-10-21)12-15-5-4-6-16(11-15)18(23)24/h4-6,11,14H,3,7-10,12-13H2,1-2H3,(H,19,22)(H,23,24). The highest BCUT2D eigenvalue weighted by Crippen LogP contribution is 2.11. The monoisotopic (exact) mass is 333 g/mol. The molecule has 1 aliphatic rings. The Kier molecular flexibility index (Phi) is 6.75. The van der Waals surface area contributed by atoms with E-state index in [9.17, 15) is 9.59 Å². The number of carboxylic acid groups (broad SMARTS) is 1. The Balaban J connectivity index is 1.77. The van der Waals surface area contributed by atoms with Crippen molar-refractivity contribution in [2.24, 2.45) is 0 Å². The van der Waals surface area contributed by atoms with E-state index in [1.54, 1.807) is 18.2 Å². The fraction of sp³-hybridized carbons (Fsp3) is 0.556. The fourth-order valence-corrected chi connectivity index (χ4v) is 2.79. The van der Waals surface area contributed by atoms with Gasteiger partial charge < -0.3 is 10.4 Å². The van der Waals surface area contributed by atoms with Crippen LogP contribution < -0.4 is 5.32 Å². The summed E-state index contributed by atoms with van der Waals surface area (Å²) >= 11 is 0. The molecule has 1 aromatic carbocycles. The molecule has 1 aliphatic heterocycles. The maximum absolute atomic E-state index is 11.9. The highest BCUT2D eigenvalue weighted by molar-refractivity contribution is 5.87. The summed E-state index contributed by atoms with van der Waals surface area (Å²) in [5.41, 5.74) is 1.34. The summed E-state index contributed by atoms with van der Waals surface area (Å²) in [5.74, 6) is -0.805. The average molecular weight is 333 g/mol. The lowest BCUT2D eigenvalue weighted by molar-refractivity contribution is -0.123. The summed E-state index contributed by atoms with van der Waals surface area (Å²) in [7, 11) is 0. The summed E-state index contributed by atoms with van der Waals surface area (Å²) in [6.45, 7) is 8.74. The first kappa shape index (κ1) is 18.4. The number of piperazine rings is 1. The van der Waals surface area contributed by atoms with Crippen molar-refractivity contribution in [1.29, 1.82) is 0 Å². The minimum Gasteiger partial charge on any atom is -0.478 e. The van der Waals surface area contributed by atoms with Crippen LogP contribution in [0.1, 0.15) is 36.2 Å². The van der Waals surface area contributed by atoms with Gasteiger partial charge in [0.05, 0.1) is 12.1 Å². The molecule has 6 heteroatoms. The van der Waals surface area contributed by atoms with Crippen LogP contribution >= 0.6 is 0 Å². The highest BCUT2D eigenvalue weighted by atomic mass is 16.4. The summed E-state index contributed by atoms with van der Waals surface area (Å²) in [4.78, 5) is 27.4. The molecule has 132 valence electrons. The van der Waals surface area contributed by atoms with E-state index in [1.807, 2.05) is 13.0 Å². The predicted octanol–water partition coefficient (Wildman–Crippen LogP) is 1.42. The number of hydrogen-bond donors (Lipinski definition) is 2. The van der Waals surface area contributed by atoms with Crippen LogP contribution in [0.15, 0.2) is 24.3 Å². The van der Waals surface area contributed by atoms with Gasteiger partial charge in [0.2, 0.25) is 5.91 Å². The lowest BCUT2D eigenvalue weighted by Crippen LogP contribution is -2.49. The van der Waals surface area contributed by atoms with Crippen LogP contribution in [0.5, 0.6) is 0 Å². The predicted molar refractivity (Wildman–Crippen MR) is 93.0 cm³/mol. The molecular weight excluding hydrogens is 306 g/mol. The Hall–Kier alpha value is -1.92. The second-order valence-electron chi connectivity index (χ2n) is 6.43. The summed E-state index contributed by atoms with van der Waals surface area (Å²) < 4.78 is 0. The molecular formula is C18H27N3O3. The number of hydrogen-bond acceptors (Lipinski definition) is 4. The average Bonchev–Trinajstić information content (AvgIpc) is 2.56. The normalized spacial score (nSPS) is 17.4. The fourth-order valence-electron chi connectivity index (χ4n) is 2.79. The van der Waals surface area contributed by atoms with E-state index in [0.717, 1.165) is 44.7 Å². The molecule has 0 bridgehead atoms. The third kappa shape index (κ3) is 5.62. The van der Waals surface area contributed by atoms with Crippen LogP contribution in [0.3, 0.4) is 0 Å². The Bertz CT molecular complexity index is 568. The zero-order valence-corrected chi connectivity index (χ0v) is 14.5. The molecule has 1 heterocycles. The molecule has 0 radical (unpaired) electrons. The quantitative estimate of drug-likeness (QED) is 0.789. The number of benzene rings is 1.